The van der Waals surface area contributed by atoms with Crippen LogP contribution in [0.5, 0.6) is 0 Å². The number of hydrogen-bond donors (Lipinski definition) is 2. The number of benzene rings is 2. The third-order valence-electron chi connectivity index (χ3n) is 5.11. The Morgan fingerprint density at radius 2 is 1.90 bits per heavy atom. The van der Waals surface area contributed by atoms with Crippen LogP contribution in [-0.4, -0.2) is 55.5 Å². The molecule has 1 aliphatic heterocycles. The fraction of sp³-hybridized carbons (Fsp3) is 0.286. The molecule has 1 unspecified atom stereocenters. The largest absolute Gasteiger partial charge is 0.395 e. The molecule has 152 valence electrons. The first-order valence-electron chi connectivity index (χ1n) is 9.31. The van der Waals surface area contributed by atoms with Gasteiger partial charge in [0.15, 0.2) is 0 Å². The average Bonchev–Trinajstić information content (AvgIpc) is 2.70. The van der Waals surface area contributed by atoms with E-state index in [4.69, 9.17) is 4.74 Å². The van der Waals surface area contributed by atoms with Crippen molar-refractivity contribution >= 4 is 15.7 Å². The Morgan fingerprint density at radius 1 is 1.17 bits per heavy atom. The Kier molecular flexibility index (Phi) is 5.04. The quantitative estimate of drug-likeness (QED) is 0.787. The Morgan fingerprint density at radius 3 is 2.62 bits per heavy atom. The van der Waals surface area contributed by atoms with Gasteiger partial charge < -0.3 is 19.8 Å². The van der Waals surface area contributed by atoms with Crippen molar-refractivity contribution in [1.82, 2.24) is 4.90 Å². The average molecular weight is 414 g/mol. The Bertz CT molecular complexity index is 1090. The molecule has 1 aliphatic carbocycles. The number of fused-ring (bicyclic) bond motifs is 3. The van der Waals surface area contributed by atoms with Crippen molar-refractivity contribution in [2.24, 2.45) is 4.40 Å². The smallest absolute Gasteiger partial charge is 0.282 e. The van der Waals surface area contributed by atoms with E-state index in [2.05, 4.69) is 4.40 Å². The van der Waals surface area contributed by atoms with Gasteiger partial charge in [0.2, 0.25) is 5.79 Å². The topological polar surface area (TPSA) is 99.4 Å². The van der Waals surface area contributed by atoms with Crippen LogP contribution in [0.25, 0.3) is 0 Å². The molecule has 2 N–H and O–H groups in total. The van der Waals surface area contributed by atoms with E-state index in [1.54, 1.807) is 41.3 Å². The standard InChI is InChI=1S/C21H22N2O5S/c1-15-6-8-16(9-7-15)29(26,27)22-19-14-20-21(25,18-5-3-2-4-17(18)19)28-13-11-23(20)10-12-24/h2-9,14,24-25H,10-13H2,1H3/b22-19-. The number of aryl methyl sites for hydroxylation is 1. The maximum absolute atomic E-state index is 12.9. The van der Waals surface area contributed by atoms with Crippen molar-refractivity contribution in [2.45, 2.75) is 17.6 Å². The van der Waals surface area contributed by atoms with Crippen molar-refractivity contribution < 1.29 is 23.4 Å². The van der Waals surface area contributed by atoms with Gasteiger partial charge in [0.25, 0.3) is 10.0 Å². The molecule has 1 heterocycles. The van der Waals surface area contributed by atoms with Crippen LogP contribution in [-0.2, 0) is 20.5 Å². The summed E-state index contributed by atoms with van der Waals surface area (Å²) in [7, 11) is -3.95. The summed E-state index contributed by atoms with van der Waals surface area (Å²) < 4.78 is 35.6. The Labute approximate surface area is 169 Å². The fourth-order valence-corrected chi connectivity index (χ4v) is 4.64. The van der Waals surface area contributed by atoms with E-state index in [0.29, 0.717) is 23.4 Å². The molecular formula is C21H22N2O5S. The first-order chi connectivity index (χ1) is 13.8. The molecular weight excluding hydrogens is 392 g/mol. The highest BCUT2D eigenvalue weighted by Gasteiger charge is 2.46. The highest BCUT2D eigenvalue weighted by atomic mass is 32.2. The van der Waals surface area contributed by atoms with Crippen molar-refractivity contribution in [2.75, 3.05) is 26.3 Å². The normalized spacial score (nSPS) is 22.8. The fourth-order valence-electron chi connectivity index (χ4n) is 3.65. The second kappa shape index (κ2) is 7.38. The molecule has 7 nitrogen and oxygen atoms in total. The summed E-state index contributed by atoms with van der Waals surface area (Å²) in [5.74, 6) is -1.71. The van der Waals surface area contributed by atoms with E-state index in [0.717, 1.165) is 5.56 Å². The van der Waals surface area contributed by atoms with Gasteiger partial charge in [-0.05, 0) is 25.1 Å². The molecule has 2 aromatic carbocycles. The van der Waals surface area contributed by atoms with Gasteiger partial charge >= 0.3 is 0 Å². The van der Waals surface area contributed by atoms with Gasteiger partial charge in [0.05, 0.1) is 29.5 Å². The van der Waals surface area contributed by atoms with E-state index in [-0.39, 0.29) is 30.4 Å². The summed E-state index contributed by atoms with van der Waals surface area (Å²) in [6.07, 6.45) is 1.53. The maximum Gasteiger partial charge on any atom is 0.282 e. The highest BCUT2D eigenvalue weighted by Crippen LogP contribution is 2.41. The van der Waals surface area contributed by atoms with Gasteiger partial charge in [-0.2, -0.15) is 12.8 Å². The molecule has 2 aromatic rings. The summed E-state index contributed by atoms with van der Waals surface area (Å²) in [6, 6.07) is 13.4. The zero-order valence-electron chi connectivity index (χ0n) is 15.9. The van der Waals surface area contributed by atoms with Crippen molar-refractivity contribution in [3.8, 4) is 0 Å². The first-order valence-corrected chi connectivity index (χ1v) is 10.7. The summed E-state index contributed by atoms with van der Waals surface area (Å²) in [5.41, 5.74) is 2.45. The zero-order valence-corrected chi connectivity index (χ0v) is 16.8. The predicted octanol–water partition coefficient (Wildman–Crippen LogP) is 1.54. The number of ether oxygens (including phenoxy) is 1. The monoisotopic (exact) mass is 414 g/mol. The second-order valence-electron chi connectivity index (χ2n) is 7.04. The number of hydrogen-bond acceptors (Lipinski definition) is 6. The van der Waals surface area contributed by atoms with Gasteiger partial charge in [-0.15, -0.1) is 0 Å². The van der Waals surface area contributed by atoms with Crippen LogP contribution < -0.4 is 0 Å². The minimum Gasteiger partial charge on any atom is -0.395 e. The molecule has 0 amide bonds. The van der Waals surface area contributed by atoms with Crippen LogP contribution >= 0.6 is 0 Å². The lowest BCUT2D eigenvalue weighted by Gasteiger charge is -2.45. The number of nitrogens with zero attached hydrogens (tertiary/aromatic N) is 2. The predicted molar refractivity (Wildman–Crippen MR) is 108 cm³/mol. The van der Waals surface area contributed by atoms with Gasteiger partial charge in [0.1, 0.15) is 0 Å². The van der Waals surface area contributed by atoms with Crippen LogP contribution in [0.2, 0.25) is 0 Å². The summed E-state index contributed by atoms with van der Waals surface area (Å²) in [4.78, 5) is 1.88. The molecule has 2 aliphatic rings. The lowest BCUT2D eigenvalue weighted by Crippen LogP contribution is -2.50. The number of aliphatic hydroxyl groups is 2. The van der Waals surface area contributed by atoms with E-state index >= 15 is 0 Å². The lowest BCUT2D eigenvalue weighted by atomic mass is 9.86. The third-order valence-corrected chi connectivity index (χ3v) is 6.41. The molecule has 0 saturated carbocycles. The number of morpholine rings is 1. The number of aliphatic hydroxyl groups excluding tert-OH is 1. The van der Waals surface area contributed by atoms with Crippen LogP contribution in [0.3, 0.4) is 0 Å². The first kappa shape index (κ1) is 19.8. The van der Waals surface area contributed by atoms with Crippen molar-refractivity contribution in [3.63, 3.8) is 0 Å². The molecule has 4 rings (SSSR count). The van der Waals surface area contributed by atoms with Crippen LogP contribution in [0, 0.1) is 6.92 Å². The number of sulfonamides is 1. The SMILES string of the molecule is Cc1ccc(S(=O)(=O)/N=C2/C=C3N(CCO)CCOC3(O)c3ccccc32)cc1. The number of allylic oxidation sites excluding steroid dienone is 1. The highest BCUT2D eigenvalue weighted by molar-refractivity contribution is 7.90. The Balaban J connectivity index is 1.88. The minimum absolute atomic E-state index is 0.0967. The van der Waals surface area contributed by atoms with Gasteiger partial charge in [-0.1, -0.05) is 42.0 Å². The summed E-state index contributed by atoms with van der Waals surface area (Å²) in [5, 5.41) is 20.7. The van der Waals surface area contributed by atoms with Gasteiger partial charge in [0, 0.05) is 24.2 Å². The summed E-state index contributed by atoms with van der Waals surface area (Å²) in [6.45, 7) is 2.80. The van der Waals surface area contributed by atoms with Crippen molar-refractivity contribution in [1.29, 1.82) is 0 Å². The number of β-amino-alcohol motifs (C(OH)–C–C–N with tert-alkyl or cyclic N) is 1. The molecule has 0 aromatic heterocycles. The van der Waals surface area contributed by atoms with Crippen LogP contribution in [0.1, 0.15) is 16.7 Å². The zero-order chi connectivity index (χ0) is 20.6. The molecule has 0 spiro atoms. The molecule has 0 bridgehead atoms. The van der Waals surface area contributed by atoms with E-state index in [9.17, 15) is 18.6 Å². The van der Waals surface area contributed by atoms with Gasteiger partial charge in [-0.3, -0.25) is 0 Å². The van der Waals surface area contributed by atoms with E-state index < -0.39 is 15.8 Å². The molecule has 1 fully saturated rings. The van der Waals surface area contributed by atoms with Crippen LogP contribution in [0.15, 0.2) is 69.6 Å². The number of rotatable bonds is 4. The molecule has 29 heavy (non-hydrogen) atoms. The maximum atomic E-state index is 12.9. The minimum atomic E-state index is -3.95. The molecule has 1 saturated heterocycles. The molecule has 8 heteroatoms. The second-order valence-corrected chi connectivity index (χ2v) is 8.65. The summed E-state index contributed by atoms with van der Waals surface area (Å²) >= 11 is 0. The van der Waals surface area contributed by atoms with Crippen molar-refractivity contribution in [3.05, 3.63) is 77.0 Å². The Hall–Kier alpha value is -2.52. The van der Waals surface area contributed by atoms with E-state index in [1.807, 2.05) is 6.92 Å². The third kappa shape index (κ3) is 3.49. The lowest BCUT2D eigenvalue weighted by molar-refractivity contribution is -0.219. The van der Waals surface area contributed by atoms with Crippen LogP contribution in [0.4, 0.5) is 0 Å². The van der Waals surface area contributed by atoms with E-state index in [1.165, 1.54) is 18.2 Å². The molecule has 1 atom stereocenters. The molecule has 0 radical (unpaired) electrons. The van der Waals surface area contributed by atoms with Gasteiger partial charge in [-0.25, -0.2) is 0 Å².